The van der Waals surface area contributed by atoms with Gasteiger partial charge >= 0.3 is 0 Å². The van der Waals surface area contributed by atoms with Crippen LogP contribution in [0.1, 0.15) is 22.9 Å². The molecule has 5 heteroatoms. The predicted octanol–water partition coefficient (Wildman–Crippen LogP) is 4.80. The Morgan fingerprint density at radius 1 is 0.933 bits per heavy atom. The third kappa shape index (κ3) is 4.58. The van der Waals surface area contributed by atoms with Crippen LogP contribution in [-0.2, 0) is 11.2 Å². The van der Waals surface area contributed by atoms with E-state index in [-0.39, 0.29) is 18.4 Å². The molecule has 30 heavy (non-hydrogen) atoms. The van der Waals surface area contributed by atoms with Crippen molar-refractivity contribution in [2.45, 2.75) is 12.5 Å². The Kier molecular flexibility index (Phi) is 5.90. The molecule has 0 spiro atoms. The van der Waals surface area contributed by atoms with Crippen molar-refractivity contribution >= 4 is 5.91 Å². The molecule has 1 unspecified atom stereocenters. The fourth-order valence-corrected chi connectivity index (χ4v) is 3.31. The van der Waals surface area contributed by atoms with E-state index < -0.39 is 0 Å². The number of rotatable bonds is 7. The van der Waals surface area contributed by atoms with E-state index in [0.717, 1.165) is 22.4 Å². The van der Waals surface area contributed by atoms with Crippen molar-refractivity contribution in [3.63, 3.8) is 0 Å². The van der Waals surface area contributed by atoms with Gasteiger partial charge in [-0.3, -0.25) is 4.79 Å². The molecule has 3 aromatic carbocycles. The molecule has 1 atom stereocenters. The van der Waals surface area contributed by atoms with Gasteiger partial charge in [-0.05, 0) is 23.3 Å². The Morgan fingerprint density at radius 2 is 1.57 bits per heavy atom. The first-order valence-electron chi connectivity index (χ1n) is 9.72. The Balaban J connectivity index is 1.51. The number of benzene rings is 3. The topological polar surface area (TPSA) is 64.4 Å². The smallest absolute Gasteiger partial charge is 0.226 e. The zero-order chi connectivity index (χ0) is 20.8. The van der Waals surface area contributed by atoms with E-state index in [0.29, 0.717) is 11.5 Å². The first-order valence-corrected chi connectivity index (χ1v) is 9.72. The monoisotopic (exact) mass is 398 g/mol. The van der Waals surface area contributed by atoms with Crippen LogP contribution in [0.3, 0.4) is 0 Å². The molecule has 0 radical (unpaired) electrons. The van der Waals surface area contributed by atoms with Crippen molar-refractivity contribution in [3.8, 4) is 17.1 Å². The quantitative estimate of drug-likeness (QED) is 0.486. The van der Waals surface area contributed by atoms with Gasteiger partial charge in [0.2, 0.25) is 5.91 Å². The number of carbonyl (C=O) groups excluding carboxylic acids is 1. The lowest BCUT2D eigenvalue weighted by atomic mass is 9.98. The highest BCUT2D eigenvalue weighted by molar-refractivity contribution is 5.79. The number of hydrogen-bond donors (Lipinski definition) is 1. The molecule has 1 heterocycles. The lowest BCUT2D eigenvalue weighted by Crippen LogP contribution is -2.30. The van der Waals surface area contributed by atoms with Crippen LogP contribution >= 0.6 is 0 Å². The van der Waals surface area contributed by atoms with E-state index >= 15 is 0 Å². The van der Waals surface area contributed by atoms with Crippen LogP contribution in [0.4, 0.5) is 0 Å². The first kappa shape index (κ1) is 19.5. The van der Waals surface area contributed by atoms with Gasteiger partial charge in [-0.2, -0.15) is 0 Å². The lowest BCUT2D eigenvalue weighted by molar-refractivity contribution is -0.121. The van der Waals surface area contributed by atoms with Crippen LogP contribution in [0, 0.1) is 0 Å². The van der Waals surface area contributed by atoms with Crippen molar-refractivity contribution in [1.29, 1.82) is 0 Å². The average Bonchev–Trinajstić information content (AvgIpc) is 3.27. The number of nitrogens with zero attached hydrogens (tertiary/aromatic N) is 1. The zero-order valence-electron chi connectivity index (χ0n) is 16.6. The second-order valence-corrected chi connectivity index (χ2v) is 6.91. The van der Waals surface area contributed by atoms with Crippen molar-refractivity contribution < 1.29 is 14.1 Å². The summed E-state index contributed by atoms with van der Waals surface area (Å²) < 4.78 is 10.7. The van der Waals surface area contributed by atoms with Gasteiger partial charge in [0.15, 0.2) is 5.76 Å². The number of methoxy groups -OCH3 is 1. The normalized spacial score (nSPS) is 11.6. The first-order chi connectivity index (χ1) is 14.7. The Labute approximate surface area is 175 Å². The number of aromatic nitrogens is 1. The van der Waals surface area contributed by atoms with Crippen LogP contribution < -0.4 is 10.1 Å². The van der Waals surface area contributed by atoms with E-state index in [2.05, 4.69) is 10.5 Å². The molecule has 0 fully saturated rings. The highest BCUT2D eigenvalue weighted by Crippen LogP contribution is 2.25. The van der Waals surface area contributed by atoms with E-state index in [1.807, 2.05) is 84.9 Å². The van der Waals surface area contributed by atoms with Gasteiger partial charge in [-0.25, -0.2) is 0 Å². The highest BCUT2D eigenvalue weighted by atomic mass is 16.5. The molecule has 4 aromatic rings. The standard InChI is InChI=1S/C25H22N2O3/c1-29-22-14-12-20(13-15-22)25(19-10-6-3-7-11-19)26-24(28)17-21-16-23(30-27-21)18-8-4-2-5-9-18/h2-16,25H,17H2,1H3,(H,26,28). The Morgan fingerprint density at radius 3 is 2.23 bits per heavy atom. The van der Waals surface area contributed by atoms with E-state index in [9.17, 15) is 4.79 Å². The fraction of sp³-hybridized carbons (Fsp3) is 0.120. The summed E-state index contributed by atoms with van der Waals surface area (Å²) in [7, 11) is 1.63. The highest BCUT2D eigenvalue weighted by Gasteiger charge is 2.18. The number of carbonyl (C=O) groups is 1. The van der Waals surface area contributed by atoms with Crippen LogP contribution in [0.15, 0.2) is 95.5 Å². The summed E-state index contributed by atoms with van der Waals surface area (Å²) >= 11 is 0. The van der Waals surface area contributed by atoms with Crippen LogP contribution in [0.25, 0.3) is 11.3 Å². The fourth-order valence-electron chi connectivity index (χ4n) is 3.31. The minimum atomic E-state index is -0.273. The molecule has 150 valence electrons. The average molecular weight is 398 g/mol. The molecule has 0 saturated carbocycles. The molecule has 1 aromatic heterocycles. The summed E-state index contributed by atoms with van der Waals surface area (Å²) in [6.45, 7) is 0. The number of amides is 1. The molecule has 1 N–H and O–H groups in total. The maximum absolute atomic E-state index is 12.8. The summed E-state index contributed by atoms with van der Waals surface area (Å²) in [5.74, 6) is 1.29. The van der Waals surface area contributed by atoms with Crippen molar-refractivity contribution in [2.24, 2.45) is 0 Å². The third-order valence-electron chi connectivity index (χ3n) is 4.85. The number of hydrogen-bond acceptors (Lipinski definition) is 4. The minimum absolute atomic E-state index is 0.132. The maximum Gasteiger partial charge on any atom is 0.226 e. The van der Waals surface area contributed by atoms with Gasteiger partial charge in [0.05, 0.1) is 25.3 Å². The van der Waals surface area contributed by atoms with Gasteiger partial charge in [0.1, 0.15) is 5.75 Å². The van der Waals surface area contributed by atoms with Gasteiger partial charge < -0.3 is 14.6 Å². The van der Waals surface area contributed by atoms with Crippen LogP contribution in [0.2, 0.25) is 0 Å². The molecule has 1 amide bonds. The van der Waals surface area contributed by atoms with Crippen molar-refractivity contribution in [1.82, 2.24) is 10.5 Å². The number of ether oxygens (including phenoxy) is 1. The van der Waals surface area contributed by atoms with Gasteiger partial charge in [0.25, 0.3) is 0 Å². The molecule has 0 aliphatic rings. The molecular formula is C25H22N2O3. The third-order valence-corrected chi connectivity index (χ3v) is 4.85. The van der Waals surface area contributed by atoms with Gasteiger partial charge in [-0.15, -0.1) is 0 Å². The lowest BCUT2D eigenvalue weighted by Gasteiger charge is -2.20. The maximum atomic E-state index is 12.8. The summed E-state index contributed by atoms with van der Waals surface area (Å²) in [6, 6.07) is 28.8. The minimum Gasteiger partial charge on any atom is -0.497 e. The molecule has 4 rings (SSSR count). The van der Waals surface area contributed by atoms with Gasteiger partial charge in [0, 0.05) is 11.6 Å². The Bertz CT molecular complexity index is 1090. The van der Waals surface area contributed by atoms with Gasteiger partial charge in [-0.1, -0.05) is 78.0 Å². The second kappa shape index (κ2) is 9.09. The molecule has 0 aliphatic carbocycles. The summed E-state index contributed by atoms with van der Waals surface area (Å²) in [4.78, 5) is 12.8. The SMILES string of the molecule is COc1ccc(C(NC(=O)Cc2cc(-c3ccccc3)on2)c2ccccc2)cc1. The van der Waals surface area contributed by atoms with E-state index in [1.54, 1.807) is 13.2 Å². The van der Waals surface area contributed by atoms with Crippen LogP contribution in [-0.4, -0.2) is 18.2 Å². The number of nitrogens with one attached hydrogen (secondary N) is 1. The predicted molar refractivity (Wildman–Crippen MR) is 115 cm³/mol. The summed E-state index contributed by atoms with van der Waals surface area (Å²) in [5, 5.41) is 7.18. The van der Waals surface area contributed by atoms with Crippen molar-refractivity contribution in [3.05, 3.63) is 108 Å². The summed E-state index contributed by atoms with van der Waals surface area (Å²) in [6.07, 6.45) is 0.135. The largest absolute Gasteiger partial charge is 0.497 e. The molecule has 0 saturated heterocycles. The molecular weight excluding hydrogens is 376 g/mol. The molecule has 5 nitrogen and oxygen atoms in total. The van der Waals surface area contributed by atoms with Crippen molar-refractivity contribution in [2.75, 3.05) is 7.11 Å². The molecule has 0 bridgehead atoms. The van der Waals surface area contributed by atoms with E-state index in [4.69, 9.17) is 9.26 Å². The second-order valence-electron chi connectivity index (χ2n) is 6.91. The zero-order valence-corrected chi connectivity index (χ0v) is 16.6. The van der Waals surface area contributed by atoms with E-state index in [1.165, 1.54) is 0 Å². The summed E-state index contributed by atoms with van der Waals surface area (Å²) in [5.41, 5.74) is 3.49. The Hall–Kier alpha value is -3.86. The van der Waals surface area contributed by atoms with Crippen LogP contribution in [0.5, 0.6) is 5.75 Å². The molecule has 0 aliphatic heterocycles.